The third-order valence-corrected chi connectivity index (χ3v) is 5.37. The van der Waals surface area contributed by atoms with E-state index in [2.05, 4.69) is 69.1 Å². The Labute approximate surface area is 171 Å². The summed E-state index contributed by atoms with van der Waals surface area (Å²) >= 11 is 0. The van der Waals surface area contributed by atoms with Crippen molar-refractivity contribution in [3.63, 3.8) is 0 Å². The molecule has 5 nitrogen and oxygen atoms in total. The first-order valence-electron chi connectivity index (χ1n) is 10.1. The molecule has 0 saturated carbocycles. The largest absolute Gasteiger partial charge is 0.354 e. The lowest BCUT2D eigenvalue weighted by molar-refractivity contribution is -0.119. The van der Waals surface area contributed by atoms with Gasteiger partial charge in [-0.05, 0) is 48.4 Å². The molecule has 2 N–H and O–H groups in total. The van der Waals surface area contributed by atoms with Crippen LogP contribution in [0.1, 0.15) is 43.0 Å². The number of amides is 1. The molecule has 0 spiro atoms. The fourth-order valence-electron chi connectivity index (χ4n) is 4.00. The van der Waals surface area contributed by atoms with Crippen LogP contribution in [0.4, 0.5) is 5.95 Å². The number of carbonyl (C=O) groups excluding carboxylic acids is 1. The molecule has 3 aromatic rings. The van der Waals surface area contributed by atoms with E-state index in [-0.39, 0.29) is 18.0 Å². The van der Waals surface area contributed by atoms with Crippen molar-refractivity contribution in [1.29, 1.82) is 0 Å². The van der Waals surface area contributed by atoms with Gasteiger partial charge in [-0.1, -0.05) is 48.5 Å². The number of carbonyl (C=O) groups is 1. The lowest BCUT2D eigenvalue weighted by atomic mass is 10.0. The third kappa shape index (κ3) is 4.62. The summed E-state index contributed by atoms with van der Waals surface area (Å²) < 4.78 is 0. The summed E-state index contributed by atoms with van der Waals surface area (Å²) in [6, 6.07) is 17.3. The highest BCUT2D eigenvalue weighted by Gasteiger charge is 2.22. The van der Waals surface area contributed by atoms with Crippen LogP contribution in [0.15, 0.2) is 60.9 Å². The van der Waals surface area contributed by atoms with E-state index in [0.717, 1.165) is 30.4 Å². The molecule has 29 heavy (non-hydrogen) atoms. The molecule has 0 aliphatic heterocycles. The van der Waals surface area contributed by atoms with E-state index in [4.69, 9.17) is 0 Å². The molecule has 1 aliphatic rings. The summed E-state index contributed by atoms with van der Waals surface area (Å²) in [6.45, 7) is 3.56. The Hall–Kier alpha value is -3.21. The van der Waals surface area contributed by atoms with Crippen molar-refractivity contribution in [3.05, 3.63) is 77.6 Å². The standard InChI is InChI=1S/C24H26N4O/c1-16(27-17(2)29)13-18-7-9-19(10-8-18)21-14-25-24(26-15-21)28-23-12-11-20-5-3-4-6-22(20)23/h3-10,14-16,23H,11-13H2,1-2H3,(H,27,29)(H,25,26,28)/t16?,23-/m1/s1. The zero-order valence-electron chi connectivity index (χ0n) is 16.9. The molecule has 0 saturated heterocycles. The third-order valence-electron chi connectivity index (χ3n) is 5.37. The quantitative estimate of drug-likeness (QED) is 0.662. The number of nitrogens with one attached hydrogen (secondary N) is 2. The van der Waals surface area contributed by atoms with Gasteiger partial charge >= 0.3 is 0 Å². The molecule has 1 aromatic heterocycles. The first kappa shape index (κ1) is 19.1. The maximum atomic E-state index is 11.2. The molecule has 0 fully saturated rings. The maximum absolute atomic E-state index is 11.2. The second-order valence-electron chi connectivity index (χ2n) is 7.73. The summed E-state index contributed by atoms with van der Waals surface area (Å²) in [4.78, 5) is 20.2. The van der Waals surface area contributed by atoms with E-state index in [0.29, 0.717) is 5.95 Å². The topological polar surface area (TPSA) is 66.9 Å². The fraction of sp³-hybridized carbons (Fsp3) is 0.292. The Kier molecular flexibility index (Phi) is 5.56. The Morgan fingerprint density at radius 1 is 1.07 bits per heavy atom. The molecule has 0 radical (unpaired) electrons. The van der Waals surface area contributed by atoms with Crippen molar-refractivity contribution in [2.75, 3.05) is 5.32 Å². The van der Waals surface area contributed by atoms with Gasteiger partial charge in [-0.15, -0.1) is 0 Å². The number of benzene rings is 2. The molecular formula is C24H26N4O. The average molecular weight is 386 g/mol. The molecule has 2 atom stereocenters. The minimum absolute atomic E-state index is 0.000982. The van der Waals surface area contributed by atoms with Crippen LogP contribution in [0, 0.1) is 0 Å². The molecular weight excluding hydrogens is 360 g/mol. The van der Waals surface area contributed by atoms with Gasteiger partial charge in [-0.3, -0.25) is 4.79 Å². The van der Waals surface area contributed by atoms with Crippen molar-refractivity contribution in [2.24, 2.45) is 0 Å². The van der Waals surface area contributed by atoms with Crippen molar-refractivity contribution in [1.82, 2.24) is 15.3 Å². The normalized spacial score (nSPS) is 16.1. The molecule has 148 valence electrons. The van der Waals surface area contributed by atoms with Crippen LogP contribution in [0.25, 0.3) is 11.1 Å². The summed E-state index contributed by atoms with van der Waals surface area (Å²) in [6.07, 6.45) is 6.71. The van der Waals surface area contributed by atoms with E-state index in [1.165, 1.54) is 16.7 Å². The van der Waals surface area contributed by atoms with Gasteiger partial charge in [0, 0.05) is 30.9 Å². The minimum atomic E-state index is 0.000982. The van der Waals surface area contributed by atoms with E-state index >= 15 is 0 Å². The van der Waals surface area contributed by atoms with Gasteiger partial charge in [-0.25, -0.2) is 9.97 Å². The van der Waals surface area contributed by atoms with E-state index in [1.807, 2.05) is 19.3 Å². The first-order valence-corrected chi connectivity index (χ1v) is 10.1. The molecule has 1 amide bonds. The molecule has 2 aromatic carbocycles. The monoisotopic (exact) mass is 386 g/mol. The summed E-state index contributed by atoms with van der Waals surface area (Å²) in [5, 5.41) is 6.38. The Balaban J connectivity index is 1.40. The van der Waals surface area contributed by atoms with E-state index in [1.54, 1.807) is 6.92 Å². The van der Waals surface area contributed by atoms with Gasteiger partial charge < -0.3 is 10.6 Å². The zero-order chi connectivity index (χ0) is 20.2. The predicted molar refractivity (Wildman–Crippen MR) is 116 cm³/mol. The van der Waals surface area contributed by atoms with Gasteiger partial charge in [-0.2, -0.15) is 0 Å². The van der Waals surface area contributed by atoms with Crippen LogP contribution >= 0.6 is 0 Å². The second kappa shape index (κ2) is 8.43. The number of nitrogens with zero attached hydrogens (tertiary/aromatic N) is 2. The predicted octanol–water partition coefficient (Wildman–Crippen LogP) is 4.31. The van der Waals surface area contributed by atoms with Crippen LogP contribution in [-0.4, -0.2) is 21.9 Å². The van der Waals surface area contributed by atoms with Gasteiger partial charge in [0.1, 0.15) is 0 Å². The Morgan fingerprint density at radius 2 is 1.79 bits per heavy atom. The number of hydrogen-bond acceptors (Lipinski definition) is 4. The van der Waals surface area contributed by atoms with Gasteiger partial charge in [0.2, 0.25) is 11.9 Å². The smallest absolute Gasteiger partial charge is 0.223 e. The maximum Gasteiger partial charge on any atom is 0.223 e. The van der Waals surface area contributed by atoms with Crippen molar-refractivity contribution >= 4 is 11.9 Å². The van der Waals surface area contributed by atoms with Crippen molar-refractivity contribution in [3.8, 4) is 11.1 Å². The molecule has 4 rings (SSSR count). The lowest BCUT2D eigenvalue weighted by Crippen LogP contribution is -2.31. The number of aromatic nitrogens is 2. The van der Waals surface area contributed by atoms with Crippen LogP contribution < -0.4 is 10.6 Å². The highest BCUT2D eigenvalue weighted by atomic mass is 16.1. The molecule has 1 aliphatic carbocycles. The number of anilines is 1. The molecule has 0 bridgehead atoms. The van der Waals surface area contributed by atoms with Gasteiger partial charge in [0.25, 0.3) is 0 Å². The summed E-state index contributed by atoms with van der Waals surface area (Å²) in [7, 11) is 0. The molecule has 5 heteroatoms. The SMILES string of the molecule is CC(=O)NC(C)Cc1ccc(-c2cnc(N[C@@H]3CCc4ccccc43)nc2)cc1. The van der Waals surface area contributed by atoms with Crippen LogP contribution in [0.3, 0.4) is 0 Å². The fourth-order valence-corrected chi connectivity index (χ4v) is 4.00. The van der Waals surface area contributed by atoms with Crippen LogP contribution in [0.5, 0.6) is 0 Å². The number of aryl methyl sites for hydroxylation is 1. The Morgan fingerprint density at radius 3 is 2.52 bits per heavy atom. The number of rotatable bonds is 6. The van der Waals surface area contributed by atoms with Crippen molar-refractivity contribution in [2.45, 2.75) is 45.2 Å². The van der Waals surface area contributed by atoms with Crippen molar-refractivity contribution < 1.29 is 4.79 Å². The summed E-state index contributed by atoms with van der Waals surface area (Å²) in [5.74, 6) is 0.664. The molecule has 1 heterocycles. The second-order valence-corrected chi connectivity index (χ2v) is 7.73. The Bertz CT molecular complexity index is 983. The lowest BCUT2D eigenvalue weighted by Gasteiger charge is -2.14. The van der Waals surface area contributed by atoms with E-state index < -0.39 is 0 Å². The van der Waals surface area contributed by atoms with Gasteiger partial charge in [0.15, 0.2) is 0 Å². The first-order chi connectivity index (χ1) is 14.1. The molecule has 1 unspecified atom stereocenters. The van der Waals surface area contributed by atoms with Gasteiger partial charge in [0.05, 0.1) is 6.04 Å². The highest BCUT2D eigenvalue weighted by molar-refractivity contribution is 5.73. The van der Waals surface area contributed by atoms with E-state index in [9.17, 15) is 4.79 Å². The number of hydrogen-bond donors (Lipinski definition) is 2. The number of fused-ring (bicyclic) bond motifs is 1. The van der Waals surface area contributed by atoms with Crippen LogP contribution in [0.2, 0.25) is 0 Å². The highest BCUT2D eigenvalue weighted by Crippen LogP contribution is 2.33. The minimum Gasteiger partial charge on any atom is -0.354 e. The zero-order valence-corrected chi connectivity index (χ0v) is 16.9. The summed E-state index contributed by atoms with van der Waals surface area (Å²) in [5.41, 5.74) is 6.02. The average Bonchev–Trinajstić information content (AvgIpc) is 3.12. The van der Waals surface area contributed by atoms with Crippen LogP contribution in [-0.2, 0) is 17.6 Å².